The number of ether oxygens (including phenoxy) is 1. The minimum atomic E-state index is -2.84. The van der Waals surface area contributed by atoms with E-state index in [0.29, 0.717) is 22.0 Å². The molecule has 0 fully saturated rings. The quantitative estimate of drug-likeness (QED) is 0.200. The van der Waals surface area contributed by atoms with Crippen LogP contribution in [0, 0.1) is 11.9 Å². The maximum Gasteiger partial charge on any atom is 0.332 e. The molecule has 0 aliphatic rings. The largest absolute Gasteiger partial charge is 0.755 e. The summed E-state index contributed by atoms with van der Waals surface area (Å²) in [4.78, 5) is 42.2. The van der Waals surface area contributed by atoms with Gasteiger partial charge in [0.1, 0.15) is 16.6 Å². The van der Waals surface area contributed by atoms with Crippen LogP contribution in [0.25, 0.3) is 0 Å². The molecule has 0 saturated heterocycles. The fraction of sp³-hybridized carbons (Fsp3) is 0.154. The second-order valence-electron chi connectivity index (χ2n) is 8.75. The normalized spacial score (nSPS) is 12.4. The van der Waals surface area contributed by atoms with Crippen molar-refractivity contribution in [3.05, 3.63) is 109 Å². The van der Waals surface area contributed by atoms with E-state index in [1.807, 2.05) is 0 Å². The smallest absolute Gasteiger partial charge is 0.332 e. The molecule has 0 aliphatic heterocycles. The lowest BCUT2D eigenvalue weighted by atomic mass is 10.1. The molecular formula is C26H21Cl2FN5O6S-. The van der Waals surface area contributed by atoms with E-state index in [0.717, 1.165) is 10.6 Å². The van der Waals surface area contributed by atoms with Crippen LogP contribution in [-0.4, -0.2) is 28.8 Å². The molecule has 2 aromatic carbocycles. The van der Waals surface area contributed by atoms with Gasteiger partial charge in [0.25, 0.3) is 5.56 Å². The van der Waals surface area contributed by atoms with Gasteiger partial charge in [-0.2, -0.15) is 9.37 Å². The molecule has 2 N–H and O–H groups in total. The van der Waals surface area contributed by atoms with Gasteiger partial charge in [0.05, 0.1) is 12.5 Å². The van der Waals surface area contributed by atoms with Crippen molar-refractivity contribution in [2.24, 2.45) is 5.92 Å². The number of aromatic nitrogens is 3. The lowest BCUT2D eigenvalue weighted by Crippen LogP contribution is -2.44. The van der Waals surface area contributed by atoms with Gasteiger partial charge in [-0.3, -0.25) is 27.7 Å². The maximum atomic E-state index is 13.5. The number of carbonyl (C=O) groups excluding carboxylic acids is 1. The summed E-state index contributed by atoms with van der Waals surface area (Å²) >= 11 is 9.15. The molecule has 41 heavy (non-hydrogen) atoms. The van der Waals surface area contributed by atoms with Crippen LogP contribution in [0.5, 0.6) is 11.6 Å². The fourth-order valence-electron chi connectivity index (χ4n) is 3.69. The third-order valence-electron chi connectivity index (χ3n) is 5.74. The zero-order chi connectivity index (χ0) is 29.7. The predicted molar refractivity (Wildman–Crippen MR) is 151 cm³/mol. The molecule has 4 aromatic rings. The summed E-state index contributed by atoms with van der Waals surface area (Å²) in [6.45, 7) is 1.07. The van der Waals surface area contributed by atoms with Gasteiger partial charge in [0.2, 0.25) is 17.7 Å². The first kappa shape index (κ1) is 29.9. The number of halogens is 3. The van der Waals surface area contributed by atoms with Crippen LogP contribution in [0.3, 0.4) is 0 Å². The van der Waals surface area contributed by atoms with Crippen LogP contribution in [0.2, 0.25) is 10.0 Å². The maximum absolute atomic E-state index is 13.5. The van der Waals surface area contributed by atoms with Crippen molar-refractivity contribution in [2.45, 2.75) is 20.0 Å². The SMILES string of the molecule is C[C@@H](Cn1c(=O)cc(Nc2ccc(Oc3nc(F)ccc3Cl)cc2)n(Cc2ccc(Cl)cc2)c1=O)C(=O)NS(=O)[O-]. The zero-order valence-corrected chi connectivity index (χ0v) is 23.5. The van der Waals surface area contributed by atoms with E-state index in [1.165, 1.54) is 23.6 Å². The molecule has 4 rings (SSSR count). The van der Waals surface area contributed by atoms with E-state index < -0.39 is 40.3 Å². The summed E-state index contributed by atoms with van der Waals surface area (Å²) in [7, 11) is 0. The van der Waals surface area contributed by atoms with Gasteiger partial charge in [-0.1, -0.05) is 42.3 Å². The van der Waals surface area contributed by atoms with Crippen LogP contribution >= 0.6 is 23.2 Å². The van der Waals surface area contributed by atoms with Crippen LogP contribution in [0.15, 0.2) is 76.3 Å². The van der Waals surface area contributed by atoms with E-state index in [1.54, 1.807) is 53.3 Å². The molecule has 15 heteroatoms. The van der Waals surface area contributed by atoms with Crippen LogP contribution in [-0.2, 0) is 29.2 Å². The summed E-state index contributed by atoms with van der Waals surface area (Å²) in [6.07, 6.45) is 0. The van der Waals surface area contributed by atoms with Crippen LogP contribution in [0.1, 0.15) is 12.5 Å². The van der Waals surface area contributed by atoms with Crippen molar-refractivity contribution >= 4 is 51.9 Å². The molecule has 0 radical (unpaired) electrons. The van der Waals surface area contributed by atoms with Crippen molar-refractivity contribution in [1.82, 2.24) is 18.8 Å². The number of rotatable bonds is 10. The Bertz CT molecular complexity index is 1710. The first-order valence-electron chi connectivity index (χ1n) is 11.9. The Hall–Kier alpha value is -4.04. The van der Waals surface area contributed by atoms with E-state index >= 15 is 0 Å². The van der Waals surface area contributed by atoms with Crippen LogP contribution in [0.4, 0.5) is 15.9 Å². The van der Waals surface area contributed by atoms with E-state index in [-0.39, 0.29) is 29.8 Å². The lowest BCUT2D eigenvalue weighted by molar-refractivity contribution is -0.123. The number of nitrogens with one attached hydrogen (secondary N) is 2. The number of carbonyl (C=O) groups is 1. The highest BCUT2D eigenvalue weighted by Crippen LogP contribution is 2.28. The summed E-state index contributed by atoms with van der Waals surface area (Å²) in [6, 6.07) is 16.6. The van der Waals surface area contributed by atoms with E-state index in [9.17, 15) is 27.5 Å². The third-order valence-corrected chi connectivity index (χ3v) is 6.65. The molecule has 2 atom stereocenters. The number of pyridine rings is 1. The number of amides is 1. The Morgan fingerprint density at radius 2 is 1.76 bits per heavy atom. The molecule has 0 saturated carbocycles. The van der Waals surface area contributed by atoms with E-state index in [4.69, 9.17) is 27.9 Å². The molecule has 1 amide bonds. The molecule has 2 aromatic heterocycles. The Morgan fingerprint density at radius 1 is 1.07 bits per heavy atom. The van der Waals surface area contributed by atoms with Gasteiger partial charge in [0, 0.05) is 34.6 Å². The Kier molecular flexibility index (Phi) is 9.55. The standard InChI is InChI=1S/C26H22Cl2FN5O6S/c1-15(24(36)32-41(38)39)13-34-23(35)12-22(33(26(34)37)14-16-2-4-17(27)5-3-16)30-18-6-8-19(9-7-18)40-25-20(28)10-11-21(29)31-25/h2-12,15,30H,13-14H2,1H3,(H,32,36)(H,38,39)/p-1/t15-/m0/s1. The molecule has 214 valence electrons. The Labute approximate surface area is 244 Å². The molecule has 0 aliphatic carbocycles. The summed E-state index contributed by atoms with van der Waals surface area (Å²) in [5, 5.41) is 3.65. The summed E-state index contributed by atoms with van der Waals surface area (Å²) in [5.41, 5.74) is -0.271. The monoisotopic (exact) mass is 620 g/mol. The molecular weight excluding hydrogens is 600 g/mol. The van der Waals surface area contributed by atoms with Crippen molar-refractivity contribution in [1.29, 1.82) is 0 Å². The van der Waals surface area contributed by atoms with Crippen molar-refractivity contribution in [2.75, 3.05) is 5.32 Å². The number of benzene rings is 2. The second kappa shape index (κ2) is 13.1. The van der Waals surface area contributed by atoms with Gasteiger partial charge < -0.3 is 14.6 Å². The molecule has 2 heterocycles. The molecule has 11 nitrogen and oxygen atoms in total. The van der Waals surface area contributed by atoms with Gasteiger partial charge in [0.15, 0.2) is 0 Å². The summed E-state index contributed by atoms with van der Waals surface area (Å²) in [5.74, 6) is -2.30. The topological polar surface area (TPSA) is 147 Å². The minimum Gasteiger partial charge on any atom is -0.755 e. The second-order valence-corrected chi connectivity index (χ2v) is 10.3. The molecule has 1 unspecified atom stereocenters. The highest BCUT2D eigenvalue weighted by molar-refractivity contribution is 7.77. The zero-order valence-electron chi connectivity index (χ0n) is 21.2. The third kappa shape index (κ3) is 7.79. The first-order valence-corrected chi connectivity index (χ1v) is 13.7. The minimum absolute atomic E-state index is 0.0364. The number of hydrogen-bond acceptors (Lipinski definition) is 8. The number of anilines is 2. The fourth-order valence-corrected chi connectivity index (χ4v) is 4.33. The van der Waals surface area contributed by atoms with Crippen molar-refractivity contribution < 1.29 is 22.7 Å². The van der Waals surface area contributed by atoms with Gasteiger partial charge in [-0.05, 0) is 54.1 Å². The molecule has 0 bridgehead atoms. The summed E-state index contributed by atoms with van der Waals surface area (Å²) < 4.78 is 44.5. The molecule has 0 spiro atoms. The predicted octanol–water partition coefficient (Wildman–Crippen LogP) is 3.98. The number of nitrogens with zero attached hydrogens (tertiary/aromatic N) is 3. The van der Waals surface area contributed by atoms with Gasteiger partial charge in [-0.15, -0.1) is 0 Å². The number of hydrogen-bond donors (Lipinski definition) is 2. The highest BCUT2D eigenvalue weighted by Gasteiger charge is 2.19. The average molecular weight is 621 g/mol. The van der Waals surface area contributed by atoms with Crippen LogP contribution < -0.4 is 26.0 Å². The van der Waals surface area contributed by atoms with Gasteiger partial charge >= 0.3 is 5.69 Å². The first-order chi connectivity index (χ1) is 19.5. The highest BCUT2D eigenvalue weighted by atomic mass is 35.5. The Balaban J connectivity index is 1.65. The lowest BCUT2D eigenvalue weighted by Gasteiger charge is -2.19. The van der Waals surface area contributed by atoms with Crippen molar-refractivity contribution in [3.8, 4) is 11.6 Å². The van der Waals surface area contributed by atoms with Gasteiger partial charge in [-0.25, -0.2) is 4.79 Å². The Morgan fingerprint density at radius 3 is 2.41 bits per heavy atom. The van der Waals surface area contributed by atoms with E-state index in [2.05, 4.69) is 10.3 Å². The van der Waals surface area contributed by atoms with Crippen molar-refractivity contribution in [3.63, 3.8) is 0 Å². The average Bonchev–Trinajstić information content (AvgIpc) is 2.92.